The predicted molar refractivity (Wildman–Crippen MR) is 86.0 cm³/mol. The summed E-state index contributed by atoms with van der Waals surface area (Å²) in [5.41, 5.74) is 0. The Balaban J connectivity index is 1.68. The number of ether oxygens (including phenoxy) is 2. The normalized spacial score (nSPS) is 19.0. The maximum atomic E-state index is 11.8. The van der Waals surface area contributed by atoms with Crippen molar-refractivity contribution in [3.05, 3.63) is 42.5 Å². The Morgan fingerprint density at radius 2 is 2.00 bits per heavy atom. The maximum absolute atomic E-state index is 11.8. The lowest BCUT2D eigenvalue weighted by Crippen LogP contribution is -2.51. The Morgan fingerprint density at radius 3 is 2.82 bits per heavy atom. The average Bonchev–Trinajstić information content (AvgIpc) is 2.53. The lowest BCUT2D eigenvalue weighted by atomic mass is 10.1. The lowest BCUT2D eigenvalue weighted by molar-refractivity contribution is -0.152. The van der Waals surface area contributed by atoms with Gasteiger partial charge in [-0.25, -0.2) is 0 Å². The van der Waals surface area contributed by atoms with Gasteiger partial charge in [-0.2, -0.15) is 0 Å². The molecule has 2 aromatic carbocycles. The van der Waals surface area contributed by atoms with E-state index in [1.54, 1.807) is 0 Å². The molecular formula is C18H21NO3. The van der Waals surface area contributed by atoms with Gasteiger partial charge in [-0.3, -0.25) is 4.79 Å². The first kappa shape index (κ1) is 14.9. The Labute approximate surface area is 130 Å². The molecule has 1 amide bonds. The number of rotatable bonds is 4. The molecule has 22 heavy (non-hydrogen) atoms. The van der Waals surface area contributed by atoms with E-state index in [-0.39, 0.29) is 24.7 Å². The van der Waals surface area contributed by atoms with Gasteiger partial charge >= 0.3 is 0 Å². The topological polar surface area (TPSA) is 38.8 Å². The monoisotopic (exact) mass is 299 g/mol. The molecule has 1 aliphatic heterocycles. The van der Waals surface area contributed by atoms with Crippen LogP contribution >= 0.6 is 0 Å². The molecule has 0 saturated carbocycles. The van der Waals surface area contributed by atoms with Crippen LogP contribution in [0.1, 0.15) is 13.8 Å². The van der Waals surface area contributed by atoms with Gasteiger partial charge in [0.2, 0.25) is 5.91 Å². The summed E-state index contributed by atoms with van der Waals surface area (Å²) >= 11 is 0. The SMILES string of the molecule is CC(C)N1C[C@H](COc2cccc3ccccc23)OCC1=O. The molecule has 0 aliphatic carbocycles. The Kier molecular flexibility index (Phi) is 4.29. The molecule has 2 aromatic rings. The second-order valence-corrected chi connectivity index (χ2v) is 5.86. The standard InChI is InChI=1S/C18H21NO3/c1-13(2)19-10-15(21-12-18(19)20)11-22-17-9-5-7-14-6-3-4-8-16(14)17/h3-9,13,15H,10-12H2,1-2H3/t15-/m1/s1. The molecular weight excluding hydrogens is 278 g/mol. The number of fused-ring (bicyclic) bond motifs is 1. The number of morpholine rings is 1. The van der Waals surface area contributed by atoms with E-state index in [0.717, 1.165) is 16.5 Å². The second-order valence-electron chi connectivity index (χ2n) is 5.86. The number of carbonyl (C=O) groups is 1. The third-order valence-corrected chi connectivity index (χ3v) is 3.96. The third kappa shape index (κ3) is 3.07. The van der Waals surface area contributed by atoms with Crippen LogP contribution in [0.2, 0.25) is 0 Å². The summed E-state index contributed by atoms with van der Waals surface area (Å²) in [6.07, 6.45) is -0.0842. The number of hydrogen-bond acceptors (Lipinski definition) is 3. The molecule has 4 nitrogen and oxygen atoms in total. The summed E-state index contributed by atoms with van der Waals surface area (Å²) in [7, 11) is 0. The van der Waals surface area contributed by atoms with E-state index < -0.39 is 0 Å². The van der Waals surface area contributed by atoms with Gasteiger partial charge in [0.15, 0.2) is 0 Å². The predicted octanol–water partition coefficient (Wildman–Crippen LogP) is 2.85. The summed E-state index contributed by atoms with van der Waals surface area (Å²) in [5, 5.41) is 2.25. The number of benzene rings is 2. The number of hydrogen-bond donors (Lipinski definition) is 0. The summed E-state index contributed by atoms with van der Waals surface area (Å²) in [5.74, 6) is 0.908. The van der Waals surface area contributed by atoms with Crippen molar-refractivity contribution in [3.8, 4) is 5.75 Å². The van der Waals surface area contributed by atoms with Crippen LogP contribution in [0.4, 0.5) is 0 Å². The van der Waals surface area contributed by atoms with Crippen molar-refractivity contribution in [2.75, 3.05) is 19.8 Å². The van der Waals surface area contributed by atoms with Crippen LogP contribution in [0.25, 0.3) is 10.8 Å². The van der Waals surface area contributed by atoms with Crippen molar-refractivity contribution in [2.45, 2.75) is 26.0 Å². The van der Waals surface area contributed by atoms with Gasteiger partial charge in [-0.05, 0) is 25.3 Å². The highest BCUT2D eigenvalue weighted by molar-refractivity contribution is 5.88. The molecule has 0 bridgehead atoms. The first-order chi connectivity index (χ1) is 10.6. The zero-order valence-corrected chi connectivity index (χ0v) is 13.0. The van der Waals surface area contributed by atoms with E-state index in [1.165, 1.54) is 0 Å². The summed E-state index contributed by atoms with van der Waals surface area (Å²) in [6.45, 7) is 5.21. The number of amides is 1. The van der Waals surface area contributed by atoms with E-state index >= 15 is 0 Å². The van der Waals surface area contributed by atoms with Crippen molar-refractivity contribution < 1.29 is 14.3 Å². The minimum atomic E-state index is -0.0842. The molecule has 3 rings (SSSR count). The van der Waals surface area contributed by atoms with Crippen molar-refractivity contribution in [1.82, 2.24) is 4.90 Å². The van der Waals surface area contributed by atoms with Crippen molar-refractivity contribution in [3.63, 3.8) is 0 Å². The lowest BCUT2D eigenvalue weighted by Gasteiger charge is -2.35. The molecule has 1 atom stereocenters. The first-order valence-electron chi connectivity index (χ1n) is 7.67. The number of carbonyl (C=O) groups excluding carboxylic acids is 1. The molecule has 1 aliphatic rings. The van der Waals surface area contributed by atoms with Crippen LogP contribution in [-0.2, 0) is 9.53 Å². The van der Waals surface area contributed by atoms with Crippen molar-refractivity contribution in [1.29, 1.82) is 0 Å². The minimum Gasteiger partial charge on any atom is -0.490 e. The summed E-state index contributed by atoms with van der Waals surface area (Å²) in [4.78, 5) is 13.6. The van der Waals surface area contributed by atoms with Crippen LogP contribution in [0.5, 0.6) is 5.75 Å². The third-order valence-electron chi connectivity index (χ3n) is 3.96. The van der Waals surface area contributed by atoms with E-state index in [2.05, 4.69) is 18.2 Å². The maximum Gasteiger partial charge on any atom is 0.248 e. The fourth-order valence-corrected chi connectivity index (χ4v) is 2.75. The highest BCUT2D eigenvalue weighted by Gasteiger charge is 2.28. The van der Waals surface area contributed by atoms with Gasteiger partial charge in [0.25, 0.3) is 0 Å². The highest BCUT2D eigenvalue weighted by Crippen LogP contribution is 2.25. The van der Waals surface area contributed by atoms with Crippen molar-refractivity contribution in [2.24, 2.45) is 0 Å². The van der Waals surface area contributed by atoms with E-state index in [4.69, 9.17) is 9.47 Å². The number of nitrogens with zero attached hydrogens (tertiary/aromatic N) is 1. The summed E-state index contributed by atoms with van der Waals surface area (Å²) in [6, 6.07) is 14.4. The van der Waals surface area contributed by atoms with Gasteiger partial charge < -0.3 is 14.4 Å². The first-order valence-corrected chi connectivity index (χ1v) is 7.67. The van der Waals surface area contributed by atoms with Crippen molar-refractivity contribution >= 4 is 16.7 Å². The zero-order chi connectivity index (χ0) is 15.5. The Bertz CT molecular complexity index is 663. The molecule has 1 fully saturated rings. The molecule has 0 unspecified atom stereocenters. The second kappa shape index (κ2) is 6.36. The molecule has 0 radical (unpaired) electrons. The van der Waals surface area contributed by atoms with Gasteiger partial charge in [0, 0.05) is 11.4 Å². The van der Waals surface area contributed by atoms with Gasteiger partial charge in [0.1, 0.15) is 25.1 Å². The zero-order valence-electron chi connectivity index (χ0n) is 13.0. The van der Waals surface area contributed by atoms with E-state index in [0.29, 0.717) is 13.2 Å². The molecule has 1 saturated heterocycles. The molecule has 0 aromatic heterocycles. The van der Waals surface area contributed by atoms with Crippen LogP contribution in [0, 0.1) is 0 Å². The fraction of sp³-hybridized carbons (Fsp3) is 0.389. The largest absolute Gasteiger partial charge is 0.490 e. The smallest absolute Gasteiger partial charge is 0.248 e. The Hall–Kier alpha value is -2.07. The molecule has 0 spiro atoms. The molecule has 116 valence electrons. The van der Waals surface area contributed by atoms with Gasteiger partial charge in [0.05, 0.1) is 6.54 Å². The molecule has 1 heterocycles. The average molecular weight is 299 g/mol. The summed E-state index contributed by atoms with van der Waals surface area (Å²) < 4.78 is 11.5. The quantitative estimate of drug-likeness (QED) is 0.871. The van der Waals surface area contributed by atoms with Crippen LogP contribution in [-0.4, -0.2) is 42.7 Å². The van der Waals surface area contributed by atoms with Gasteiger partial charge in [-0.1, -0.05) is 36.4 Å². The van der Waals surface area contributed by atoms with E-state index in [1.807, 2.05) is 43.0 Å². The minimum absolute atomic E-state index is 0.0522. The molecule has 4 heteroatoms. The molecule has 0 N–H and O–H groups in total. The van der Waals surface area contributed by atoms with Gasteiger partial charge in [-0.15, -0.1) is 0 Å². The van der Waals surface area contributed by atoms with Crippen LogP contribution < -0.4 is 4.74 Å². The van der Waals surface area contributed by atoms with E-state index in [9.17, 15) is 4.79 Å². The van der Waals surface area contributed by atoms with Crippen LogP contribution in [0.3, 0.4) is 0 Å². The highest BCUT2D eigenvalue weighted by atomic mass is 16.5. The Morgan fingerprint density at radius 1 is 1.23 bits per heavy atom. The van der Waals surface area contributed by atoms with Crippen LogP contribution in [0.15, 0.2) is 42.5 Å². The fourth-order valence-electron chi connectivity index (χ4n) is 2.75.